The van der Waals surface area contributed by atoms with E-state index in [0.717, 1.165) is 34.6 Å². The van der Waals surface area contributed by atoms with Crippen LogP contribution in [0.3, 0.4) is 0 Å². The van der Waals surface area contributed by atoms with Crippen LogP contribution in [0.5, 0.6) is 5.75 Å². The molecule has 1 aromatic carbocycles. The van der Waals surface area contributed by atoms with Crippen LogP contribution < -0.4 is 10.1 Å². The fourth-order valence-corrected chi connectivity index (χ4v) is 4.00. The van der Waals surface area contributed by atoms with Gasteiger partial charge in [-0.05, 0) is 31.0 Å². The summed E-state index contributed by atoms with van der Waals surface area (Å²) in [4.78, 5) is 38.9. The molecule has 2 aromatic rings. The number of hydrogen-bond acceptors (Lipinski definition) is 6. The maximum atomic E-state index is 12.4. The van der Waals surface area contributed by atoms with Gasteiger partial charge in [-0.25, -0.2) is 4.79 Å². The molecule has 7 nitrogen and oxygen atoms in total. The summed E-state index contributed by atoms with van der Waals surface area (Å²) in [6.07, 6.45) is 1.97. The van der Waals surface area contributed by atoms with Crippen LogP contribution in [0, 0.1) is 0 Å². The van der Waals surface area contributed by atoms with Gasteiger partial charge in [0, 0.05) is 29.1 Å². The third kappa shape index (κ3) is 4.01. The van der Waals surface area contributed by atoms with E-state index in [0.29, 0.717) is 11.5 Å². The summed E-state index contributed by atoms with van der Waals surface area (Å²) >= 11 is 1.33. The largest absolute Gasteiger partial charge is 0.488 e. The quantitative estimate of drug-likeness (QED) is 0.752. The average Bonchev–Trinajstić information content (AvgIpc) is 3.38. The fraction of sp³-hybridized carbons (Fsp3) is 0.350. The van der Waals surface area contributed by atoms with Crippen LogP contribution in [0.25, 0.3) is 10.4 Å². The SMILES string of the molecule is CN(CC(=O)NC1CC1)C(=O)COC(=O)c1cc2c(s1)-c1ccccc1OC2. The zero-order valence-electron chi connectivity index (χ0n) is 15.4. The predicted octanol–water partition coefficient (Wildman–Crippen LogP) is 2.20. The highest BCUT2D eigenvalue weighted by atomic mass is 32.1. The molecule has 0 saturated heterocycles. The number of likely N-dealkylation sites (N-methyl/N-ethyl adjacent to an activating group) is 1. The van der Waals surface area contributed by atoms with E-state index in [1.165, 1.54) is 23.3 Å². The van der Waals surface area contributed by atoms with E-state index in [2.05, 4.69) is 5.32 Å². The Balaban J connectivity index is 1.34. The van der Waals surface area contributed by atoms with E-state index in [9.17, 15) is 14.4 Å². The number of ether oxygens (including phenoxy) is 2. The minimum absolute atomic E-state index is 0.0473. The van der Waals surface area contributed by atoms with Crippen LogP contribution >= 0.6 is 11.3 Å². The Hall–Kier alpha value is -2.87. The number of carbonyl (C=O) groups is 3. The lowest BCUT2D eigenvalue weighted by Gasteiger charge is -2.16. The first-order valence-corrected chi connectivity index (χ1v) is 9.88. The van der Waals surface area contributed by atoms with E-state index in [4.69, 9.17) is 9.47 Å². The van der Waals surface area contributed by atoms with Crippen LogP contribution in [0.1, 0.15) is 28.1 Å². The molecule has 1 aromatic heterocycles. The summed E-state index contributed by atoms with van der Waals surface area (Å²) in [5.74, 6) is -0.386. The molecule has 0 spiro atoms. The van der Waals surface area contributed by atoms with Crippen molar-refractivity contribution >= 4 is 29.1 Å². The number of carbonyl (C=O) groups excluding carboxylic acids is 3. The lowest BCUT2D eigenvalue weighted by Crippen LogP contribution is -2.40. The smallest absolute Gasteiger partial charge is 0.348 e. The van der Waals surface area contributed by atoms with Crippen LogP contribution in [0.2, 0.25) is 0 Å². The number of fused-ring (bicyclic) bond motifs is 3. The number of benzene rings is 1. The lowest BCUT2D eigenvalue weighted by molar-refractivity contribution is -0.137. The Morgan fingerprint density at radius 3 is 2.86 bits per heavy atom. The van der Waals surface area contributed by atoms with Crippen molar-refractivity contribution in [2.24, 2.45) is 0 Å². The van der Waals surface area contributed by atoms with Gasteiger partial charge in [-0.3, -0.25) is 9.59 Å². The number of thiophene rings is 1. The second-order valence-electron chi connectivity index (χ2n) is 6.92. The van der Waals surface area contributed by atoms with Crippen molar-refractivity contribution in [2.75, 3.05) is 20.2 Å². The first-order valence-electron chi connectivity index (χ1n) is 9.06. The summed E-state index contributed by atoms with van der Waals surface area (Å²) in [7, 11) is 1.51. The van der Waals surface area contributed by atoms with Crippen molar-refractivity contribution in [1.82, 2.24) is 10.2 Å². The zero-order chi connectivity index (χ0) is 19.7. The molecule has 1 aliphatic heterocycles. The Morgan fingerprint density at radius 2 is 2.07 bits per heavy atom. The number of amides is 2. The van der Waals surface area contributed by atoms with Crippen LogP contribution in [0.4, 0.5) is 0 Å². The molecule has 8 heteroatoms. The van der Waals surface area contributed by atoms with Gasteiger partial charge in [0.1, 0.15) is 17.2 Å². The summed E-state index contributed by atoms with van der Waals surface area (Å²) in [6, 6.07) is 9.65. The maximum Gasteiger partial charge on any atom is 0.348 e. The Morgan fingerprint density at radius 1 is 1.29 bits per heavy atom. The molecule has 2 aliphatic rings. The highest BCUT2D eigenvalue weighted by Gasteiger charge is 2.26. The van der Waals surface area contributed by atoms with E-state index in [1.54, 1.807) is 6.07 Å². The van der Waals surface area contributed by atoms with Crippen molar-refractivity contribution in [3.8, 4) is 16.2 Å². The van der Waals surface area contributed by atoms with Gasteiger partial charge in [-0.15, -0.1) is 11.3 Å². The van der Waals surface area contributed by atoms with Crippen LogP contribution in [-0.2, 0) is 20.9 Å². The van der Waals surface area contributed by atoms with E-state index >= 15 is 0 Å². The van der Waals surface area contributed by atoms with Crippen LogP contribution in [0.15, 0.2) is 30.3 Å². The summed E-state index contributed by atoms with van der Waals surface area (Å²) < 4.78 is 10.9. The van der Waals surface area contributed by atoms with Gasteiger partial charge in [-0.2, -0.15) is 0 Å². The molecular weight excluding hydrogens is 380 g/mol. The Labute approximate surface area is 166 Å². The molecule has 1 saturated carbocycles. The minimum atomic E-state index is -0.555. The first-order chi connectivity index (χ1) is 13.5. The third-order valence-corrected chi connectivity index (χ3v) is 5.79. The van der Waals surface area contributed by atoms with Gasteiger partial charge in [0.05, 0.1) is 6.54 Å². The van der Waals surface area contributed by atoms with Crippen molar-refractivity contribution in [3.05, 3.63) is 40.8 Å². The molecule has 4 rings (SSSR count). The molecule has 0 radical (unpaired) electrons. The monoisotopic (exact) mass is 400 g/mol. The van der Waals surface area contributed by atoms with Gasteiger partial charge in [0.15, 0.2) is 6.61 Å². The van der Waals surface area contributed by atoms with Crippen molar-refractivity contribution in [2.45, 2.75) is 25.5 Å². The minimum Gasteiger partial charge on any atom is -0.488 e. The average molecular weight is 400 g/mol. The normalized spacial score (nSPS) is 14.3. The number of nitrogens with one attached hydrogen (secondary N) is 1. The van der Waals surface area contributed by atoms with Crippen molar-refractivity contribution < 1.29 is 23.9 Å². The number of nitrogens with zero attached hydrogens (tertiary/aromatic N) is 1. The number of para-hydroxylation sites is 1. The molecular formula is C20H20N2O5S. The summed E-state index contributed by atoms with van der Waals surface area (Å²) in [5.41, 5.74) is 1.88. The second kappa shape index (κ2) is 7.63. The second-order valence-corrected chi connectivity index (χ2v) is 7.97. The molecule has 1 fully saturated rings. The molecule has 0 unspecified atom stereocenters. The fourth-order valence-electron chi connectivity index (χ4n) is 2.91. The summed E-state index contributed by atoms with van der Waals surface area (Å²) in [6.45, 7) is -0.0517. The van der Waals surface area contributed by atoms with Crippen molar-refractivity contribution in [3.63, 3.8) is 0 Å². The number of esters is 1. The van der Waals surface area contributed by atoms with Crippen LogP contribution in [-0.4, -0.2) is 48.9 Å². The number of rotatable bonds is 6. The standard InChI is InChI=1S/C20H20N2O5S/c1-22(9-17(23)21-13-6-7-13)18(24)11-27-20(25)16-8-12-10-26-15-5-3-2-4-14(15)19(12)28-16/h2-5,8,13H,6-7,9-11H2,1H3,(H,21,23). The van der Waals surface area contributed by atoms with E-state index in [1.807, 2.05) is 24.3 Å². The molecule has 28 heavy (non-hydrogen) atoms. The zero-order valence-corrected chi connectivity index (χ0v) is 16.2. The van der Waals surface area contributed by atoms with Gasteiger partial charge >= 0.3 is 5.97 Å². The van der Waals surface area contributed by atoms with Crippen molar-refractivity contribution in [1.29, 1.82) is 0 Å². The number of hydrogen-bond donors (Lipinski definition) is 1. The predicted molar refractivity (Wildman–Crippen MR) is 103 cm³/mol. The van der Waals surface area contributed by atoms with Gasteiger partial charge in [0.25, 0.3) is 5.91 Å². The first kappa shape index (κ1) is 18.5. The molecule has 1 N–H and O–H groups in total. The molecule has 1 aliphatic carbocycles. The molecule has 0 bridgehead atoms. The van der Waals surface area contributed by atoms with Gasteiger partial charge in [0.2, 0.25) is 5.91 Å². The Kier molecular flexibility index (Phi) is 5.04. The van der Waals surface area contributed by atoms with E-state index < -0.39 is 18.5 Å². The van der Waals surface area contributed by atoms with Gasteiger partial charge in [-0.1, -0.05) is 12.1 Å². The Bertz CT molecular complexity index is 934. The highest BCUT2D eigenvalue weighted by Crippen LogP contribution is 2.42. The third-order valence-electron chi connectivity index (χ3n) is 4.60. The molecule has 2 amide bonds. The molecule has 146 valence electrons. The van der Waals surface area contributed by atoms with E-state index in [-0.39, 0.29) is 18.5 Å². The maximum absolute atomic E-state index is 12.4. The lowest BCUT2D eigenvalue weighted by atomic mass is 10.1. The van der Waals surface area contributed by atoms with Gasteiger partial charge < -0.3 is 19.7 Å². The topological polar surface area (TPSA) is 84.9 Å². The summed E-state index contributed by atoms with van der Waals surface area (Å²) in [5, 5.41) is 2.82. The highest BCUT2D eigenvalue weighted by molar-refractivity contribution is 7.17. The molecule has 2 heterocycles. The molecule has 0 atom stereocenters.